The first-order valence-corrected chi connectivity index (χ1v) is 10.5. The molecule has 156 valence electrons. The molecule has 0 unspecified atom stereocenters. The summed E-state index contributed by atoms with van der Waals surface area (Å²) in [6, 6.07) is 28.0. The molecule has 5 nitrogen and oxygen atoms in total. The highest BCUT2D eigenvalue weighted by atomic mass is 16.2. The fraction of sp³-hybridized carbons (Fsp3) is 0.0741. The van der Waals surface area contributed by atoms with E-state index in [4.69, 9.17) is 5.73 Å². The quantitative estimate of drug-likeness (QED) is 0.415. The summed E-state index contributed by atoms with van der Waals surface area (Å²) in [6.07, 6.45) is 0.309. The third-order valence-electron chi connectivity index (χ3n) is 5.77. The van der Waals surface area contributed by atoms with E-state index in [2.05, 4.69) is 10.3 Å². The van der Waals surface area contributed by atoms with Gasteiger partial charge in [-0.05, 0) is 28.5 Å². The summed E-state index contributed by atoms with van der Waals surface area (Å²) in [4.78, 5) is 30.5. The van der Waals surface area contributed by atoms with Crippen LogP contribution in [0.5, 0.6) is 0 Å². The highest BCUT2D eigenvalue weighted by molar-refractivity contribution is 6.16. The fourth-order valence-electron chi connectivity index (χ4n) is 4.23. The van der Waals surface area contributed by atoms with E-state index in [1.54, 1.807) is 0 Å². The lowest BCUT2D eigenvalue weighted by atomic mass is 9.97. The average molecular weight is 419 g/mol. The van der Waals surface area contributed by atoms with Crippen molar-refractivity contribution in [2.75, 3.05) is 0 Å². The van der Waals surface area contributed by atoms with Gasteiger partial charge in [-0.2, -0.15) is 0 Å². The van der Waals surface area contributed by atoms with E-state index < -0.39 is 11.9 Å². The van der Waals surface area contributed by atoms with Gasteiger partial charge in [-0.1, -0.05) is 78.9 Å². The number of pyridine rings is 1. The van der Waals surface area contributed by atoms with Gasteiger partial charge in [-0.15, -0.1) is 0 Å². The number of carbonyl (C=O) groups excluding carboxylic acids is 2. The van der Waals surface area contributed by atoms with Crippen molar-refractivity contribution in [2.24, 2.45) is 5.73 Å². The molecule has 5 rings (SSSR count). The third-order valence-corrected chi connectivity index (χ3v) is 5.77. The SMILES string of the molecule is NC(=O)[C@H](Cc1cccc2ccccc12)NC(=O)c1c2ccccc2nc2ccccc12. The lowest BCUT2D eigenvalue weighted by Gasteiger charge is -2.18. The van der Waals surface area contributed by atoms with Gasteiger partial charge in [0.15, 0.2) is 0 Å². The summed E-state index contributed by atoms with van der Waals surface area (Å²) in [6.45, 7) is 0. The molecule has 1 aromatic heterocycles. The van der Waals surface area contributed by atoms with E-state index in [0.717, 1.165) is 38.1 Å². The van der Waals surface area contributed by atoms with Crippen molar-refractivity contribution in [3.8, 4) is 0 Å². The Labute approximate surface area is 184 Å². The standard InChI is InChI=1S/C27H21N3O2/c28-26(31)24(16-18-10-7-9-17-8-1-2-11-19(17)18)30-27(32)25-20-12-3-5-14-22(20)29-23-15-6-4-13-21(23)25/h1-15,24H,16H2,(H2,28,31)(H,30,32)/t24-/m0/s1. The predicted octanol–water partition coefficient (Wildman–Crippen LogP) is 4.37. The number of hydrogen-bond donors (Lipinski definition) is 2. The maximum atomic E-state index is 13.5. The predicted molar refractivity (Wildman–Crippen MR) is 127 cm³/mol. The van der Waals surface area contributed by atoms with Crippen LogP contribution in [0.15, 0.2) is 91.0 Å². The smallest absolute Gasteiger partial charge is 0.253 e. The molecule has 0 radical (unpaired) electrons. The molecule has 0 bridgehead atoms. The minimum atomic E-state index is -0.848. The van der Waals surface area contributed by atoms with E-state index in [1.165, 1.54) is 0 Å². The molecule has 0 saturated heterocycles. The van der Waals surface area contributed by atoms with Crippen LogP contribution < -0.4 is 11.1 Å². The zero-order chi connectivity index (χ0) is 22.1. The van der Waals surface area contributed by atoms with E-state index >= 15 is 0 Å². The van der Waals surface area contributed by atoms with Crippen molar-refractivity contribution >= 4 is 44.4 Å². The number of hydrogen-bond acceptors (Lipinski definition) is 3. The molecule has 0 fully saturated rings. The van der Waals surface area contributed by atoms with Gasteiger partial charge in [0.05, 0.1) is 16.6 Å². The van der Waals surface area contributed by atoms with Gasteiger partial charge in [-0.3, -0.25) is 9.59 Å². The van der Waals surface area contributed by atoms with Crippen LogP contribution in [0.4, 0.5) is 0 Å². The van der Waals surface area contributed by atoms with Crippen LogP contribution >= 0.6 is 0 Å². The molecule has 5 aromatic rings. The van der Waals surface area contributed by atoms with Gasteiger partial charge >= 0.3 is 0 Å². The number of para-hydroxylation sites is 2. The molecule has 0 spiro atoms. The summed E-state index contributed by atoms with van der Waals surface area (Å²) in [5.41, 5.74) is 8.61. The van der Waals surface area contributed by atoms with Crippen LogP contribution in [0.3, 0.4) is 0 Å². The van der Waals surface area contributed by atoms with Crippen molar-refractivity contribution in [3.05, 3.63) is 102 Å². The minimum absolute atomic E-state index is 0.309. The Hall–Kier alpha value is -4.25. The summed E-state index contributed by atoms with van der Waals surface area (Å²) >= 11 is 0. The number of rotatable bonds is 5. The second kappa shape index (κ2) is 8.12. The number of nitrogens with one attached hydrogen (secondary N) is 1. The van der Waals surface area contributed by atoms with Crippen molar-refractivity contribution in [2.45, 2.75) is 12.5 Å². The molecule has 0 aliphatic carbocycles. The largest absolute Gasteiger partial charge is 0.368 e. The van der Waals surface area contributed by atoms with Gasteiger partial charge in [0.25, 0.3) is 5.91 Å². The lowest BCUT2D eigenvalue weighted by Crippen LogP contribution is -2.46. The van der Waals surface area contributed by atoms with E-state index in [-0.39, 0.29) is 5.91 Å². The summed E-state index contributed by atoms with van der Waals surface area (Å²) in [5.74, 6) is -0.919. The van der Waals surface area contributed by atoms with Crippen LogP contribution in [0.25, 0.3) is 32.6 Å². The molecule has 1 heterocycles. The first kappa shape index (κ1) is 19.7. The number of nitrogens with two attached hydrogens (primary N) is 1. The molecular formula is C27H21N3O2. The van der Waals surface area contributed by atoms with Gasteiger partial charge in [0, 0.05) is 17.2 Å². The molecule has 1 atom stereocenters. The number of amides is 2. The van der Waals surface area contributed by atoms with Crippen LogP contribution in [-0.4, -0.2) is 22.8 Å². The van der Waals surface area contributed by atoms with Crippen LogP contribution in [0.1, 0.15) is 15.9 Å². The first-order valence-electron chi connectivity index (χ1n) is 10.5. The molecular weight excluding hydrogens is 398 g/mol. The maximum Gasteiger partial charge on any atom is 0.253 e. The molecule has 2 amide bonds. The number of nitrogens with zero attached hydrogens (tertiary/aromatic N) is 1. The Morgan fingerprint density at radius 1 is 0.750 bits per heavy atom. The second-order valence-corrected chi connectivity index (χ2v) is 7.79. The zero-order valence-electron chi connectivity index (χ0n) is 17.3. The average Bonchev–Trinajstić information content (AvgIpc) is 2.82. The Bertz CT molecular complexity index is 1430. The van der Waals surface area contributed by atoms with E-state index in [0.29, 0.717) is 12.0 Å². The normalized spacial score (nSPS) is 12.1. The fourth-order valence-corrected chi connectivity index (χ4v) is 4.23. The van der Waals surface area contributed by atoms with Crippen molar-refractivity contribution in [1.29, 1.82) is 0 Å². The molecule has 32 heavy (non-hydrogen) atoms. The Balaban J connectivity index is 1.55. The molecule has 0 aliphatic heterocycles. The van der Waals surface area contributed by atoms with Gasteiger partial charge in [0.1, 0.15) is 6.04 Å². The van der Waals surface area contributed by atoms with Crippen molar-refractivity contribution < 1.29 is 9.59 Å². The van der Waals surface area contributed by atoms with Crippen LogP contribution in [-0.2, 0) is 11.2 Å². The van der Waals surface area contributed by atoms with Crippen LogP contribution in [0.2, 0.25) is 0 Å². The third kappa shape index (κ3) is 3.54. The van der Waals surface area contributed by atoms with E-state index in [9.17, 15) is 9.59 Å². The summed E-state index contributed by atoms with van der Waals surface area (Å²) in [5, 5.41) is 6.47. The highest BCUT2D eigenvalue weighted by Gasteiger charge is 2.23. The van der Waals surface area contributed by atoms with Gasteiger partial charge in [-0.25, -0.2) is 4.98 Å². The summed E-state index contributed by atoms with van der Waals surface area (Å²) < 4.78 is 0. The number of carbonyl (C=O) groups is 2. The number of primary amides is 1. The highest BCUT2D eigenvalue weighted by Crippen LogP contribution is 2.26. The topological polar surface area (TPSA) is 85.1 Å². The summed E-state index contributed by atoms with van der Waals surface area (Å²) in [7, 11) is 0. The number of fused-ring (bicyclic) bond motifs is 3. The molecule has 4 aromatic carbocycles. The number of aromatic nitrogens is 1. The molecule has 0 aliphatic rings. The van der Waals surface area contributed by atoms with Gasteiger partial charge < -0.3 is 11.1 Å². The van der Waals surface area contributed by atoms with Crippen molar-refractivity contribution in [1.82, 2.24) is 10.3 Å². The van der Waals surface area contributed by atoms with Gasteiger partial charge in [0.2, 0.25) is 5.91 Å². The Kier molecular flexibility index (Phi) is 5.00. The Morgan fingerprint density at radius 2 is 1.31 bits per heavy atom. The second-order valence-electron chi connectivity index (χ2n) is 7.79. The Morgan fingerprint density at radius 3 is 1.97 bits per heavy atom. The maximum absolute atomic E-state index is 13.5. The monoisotopic (exact) mass is 419 g/mol. The van der Waals surface area contributed by atoms with E-state index in [1.807, 2.05) is 91.0 Å². The zero-order valence-corrected chi connectivity index (χ0v) is 17.3. The molecule has 5 heteroatoms. The molecule has 3 N–H and O–H groups in total. The first-order chi connectivity index (χ1) is 15.6. The molecule has 0 saturated carbocycles. The number of benzene rings is 4. The minimum Gasteiger partial charge on any atom is -0.368 e. The lowest BCUT2D eigenvalue weighted by molar-refractivity contribution is -0.119. The van der Waals surface area contributed by atoms with Crippen molar-refractivity contribution in [3.63, 3.8) is 0 Å². The van der Waals surface area contributed by atoms with Crippen LogP contribution in [0, 0.1) is 0 Å².